The van der Waals surface area contributed by atoms with Crippen LogP contribution in [0, 0.1) is 0 Å². The van der Waals surface area contributed by atoms with E-state index in [9.17, 15) is 4.79 Å². The zero-order valence-corrected chi connectivity index (χ0v) is 12.1. The van der Waals surface area contributed by atoms with Crippen molar-refractivity contribution in [2.75, 3.05) is 0 Å². The Morgan fingerprint density at radius 1 is 0.810 bits per heavy atom. The molecule has 0 atom stereocenters. The summed E-state index contributed by atoms with van der Waals surface area (Å²) in [6.45, 7) is 0. The number of halogens is 5. The predicted octanol–water partition coefficient (Wildman–Crippen LogP) is 4.49. The molecule has 0 N–H and O–H groups in total. The lowest BCUT2D eigenvalue weighted by Gasteiger charge is -2.04. The molecule has 2 aromatic rings. The first kappa shape index (κ1) is 27.5. The number of para-hydroxylation sites is 1. The fourth-order valence-corrected chi connectivity index (χ4v) is 1.52. The Bertz CT molecular complexity index is 515. The van der Waals surface area contributed by atoms with Crippen LogP contribution in [0.5, 0.6) is 5.75 Å². The van der Waals surface area contributed by atoms with Crippen LogP contribution < -0.4 is 4.74 Å². The molecule has 0 saturated heterocycles. The number of hydrogen-bond acceptors (Lipinski definition) is 2. The molecule has 0 aromatic heterocycles. The van der Waals surface area contributed by atoms with E-state index in [4.69, 9.17) is 17.4 Å². The summed E-state index contributed by atoms with van der Waals surface area (Å²) in [6.07, 6.45) is 0. The molecule has 2 rings (SSSR count). The molecular formula is C13H14ClF4O2S. The predicted molar refractivity (Wildman–Crippen MR) is 81.0 cm³/mol. The lowest BCUT2D eigenvalue weighted by atomic mass is 10.2. The van der Waals surface area contributed by atoms with E-state index in [1.165, 1.54) is 0 Å². The van der Waals surface area contributed by atoms with Gasteiger partial charge >= 0.3 is 5.97 Å². The van der Waals surface area contributed by atoms with Crippen molar-refractivity contribution < 1.29 is 28.3 Å². The molecule has 21 heavy (non-hydrogen) atoms. The minimum Gasteiger partial charge on any atom is -0.423 e. The maximum atomic E-state index is 11.7. The van der Waals surface area contributed by atoms with E-state index in [1.807, 2.05) is 18.2 Å². The van der Waals surface area contributed by atoms with Crippen LogP contribution in [0.25, 0.3) is 0 Å². The second-order valence-corrected chi connectivity index (χ2v) is 3.64. The van der Waals surface area contributed by atoms with Gasteiger partial charge in [0.25, 0.3) is 0 Å². The molecule has 8 heteroatoms. The highest BCUT2D eigenvalue weighted by Gasteiger charge is 2.11. The third-order valence-corrected chi connectivity index (χ3v) is 2.42. The van der Waals surface area contributed by atoms with Crippen LogP contribution >= 0.6 is 25.0 Å². The van der Waals surface area contributed by atoms with Crippen molar-refractivity contribution in [3.05, 3.63) is 60.2 Å². The van der Waals surface area contributed by atoms with Crippen LogP contribution in [0.3, 0.4) is 0 Å². The van der Waals surface area contributed by atoms with Crippen LogP contribution in [0.15, 0.2) is 59.5 Å². The van der Waals surface area contributed by atoms with Crippen molar-refractivity contribution >= 4 is 31.0 Å². The summed E-state index contributed by atoms with van der Waals surface area (Å²) >= 11 is 5.04. The lowest BCUT2D eigenvalue weighted by molar-refractivity contribution is 0.0731. The monoisotopic (exact) mass is 345 g/mol. The van der Waals surface area contributed by atoms with E-state index < -0.39 is 5.97 Å². The van der Waals surface area contributed by atoms with E-state index >= 15 is 0 Å². The average molecular weight is 346 g/mol. The number of rotatable bonds is 2. The highest BCUT2D eigenvalue weighted by molar-refractivity contribution is 7.80. The molecule has 0 aliphatic carbocycles. The molecule has 119 valence electrons. The first-order valence-electron chi connectivity index (χ1n) is 4.80. The fraction of sp³-hybridized carbons (Fsp3) is 0. The van der Waals surface area contributed by atoms with Gasteiger partial charge in [-0.1, -0.05) is 43.0 Å². The zero-order chi connectivity index (χ0) is 11.4. The molecule has 0 heterocycles. The number of esters is 1. The molecule has 2 aromatic carbocycles. The second kappa shape index (κ2) is 13.1. The second-order valence-electron chi connectivity index (χ2n) is 3.20. The summed E-state index contributed by atoms with van der Waals surface area (Å²) in [6, 6.07) is 15.8. The molecule has 0 unspecified atom stereocenters. The molecule has 0 amide bonds. The molecule has 1 radical (unpaired) electrons. The van der Waals surface area contributed by atoms with E-state index in [0.717, 1.165) is 0 Å². The van der Waals surface area contributed by atoms with Gasteiger partial charge in [-0.15, -0.1) is 12.4 Å². The summed E-state index contributed by atoms with van der Waals surface area (Å²) in [4.78, 5) is 12.2. The highest BCUT2D eigenvalue weighted by atomic mass is 35.5. The maximum Gasteiger partial charge on any atom is 0.345 e. The topological polar surface area (TPSA) is 26.3 Å². The lowest BCUT2D eigenvalue weighted by Crippen LogP contribution is -2.09. The summed E-state index contributed by atoms with van der Waals surface area (Å²) < 4.78 is 5.18. The van der Waals surface area contributed by atoms with Crippen molar-refractivity contribution in [2.45, 2.75) is 4.90 Å². The van der Waals surface area contributed by atoms with Gasteiger partial charge in [0.15, 0.2) is 0 Å². The van der Waals surface area contributed by atoms with E-state index in [1.54, 1.807) is 36.4 Å². The number of carbonyl (C=O) groups excluding carboxylic acids is 1. The van der Waals surface area contributed by atoms with Crippen LogP contribution in [-0.4, -0.2) is 5.97 Å². The SMILES string of the molecule is Cl.F.F.F.F.O=C(Oc1ccccc1)c1ccccc1[S]. The van der Waals surface area contributed by atoms with Gasteiger partial charge in [-0.05, 0) is 24.3 Å². The Balaban J connectivity index is -0.000000289. The Kier molecular flexibility index (Phi) is 17.2. The quantitative estimate of drug-likeness (QED) is 0.455. The Morgan fingerprint density at radius 2 is 1.29 bits per heavy atom. The molecule has 0 saturated carbocycles. The highest BCUT2D eigenvalue weighted by Crippen LogP contribution is 2.16. The van der Waals surface area contributed by atoms with Gasteiger partial charge in [-0.2, -0.15) is 0 Å². The zero-order valence-electron chi connectivity index (χ0n) is 10.5. The van der Waals surface area contributed by atoms with Crippen molar-refractivity contribution in [1.29, 1.82) is 0 Å². The molecule has 0 fully saturated rings. The summed E-state index contributed by atoms with van der Waals surface area (Å²) in [5.41, 5.74) is 0.418. The van der Waals surface area contributed by atoms with Crippen LogP contribution in [-0.2, 0) is 0 Å². The standard InChI is InChI=1S/C13H9O2S.ClH.4FH/c14-13(11-8-4-5-9-12(11)16)15-10-6-2-1-3-7-10;;;;;/h1-9H;5*1H. The summed E-state index contributed by atoms with van der Waals surface area (Å²) in [5, 5.41) is 0. The minimum atomic E-state index is -0.420. The molecular weight excluding hydrogens is 332 g/mol. The normalized spacial score (nSPS) is 7.43. The smallest absolute Gasteiger partial charge is 0.345 e. The molecule has 2 nitrogen and oxygen atoms in total. The van der Waals surface area contributed by atoms with Gasteiger partial charge in [-0.25, -0.2) is 4.79 Å². The molecule has 0 bridgehead atoms. The molecule has 0 spiro atoms. The summed E-state index contributed by atoms with van der Waals surface area (Å²) in [7, 11) is 0. The first-order valence-corrected chi connectivity index (χ1v) is 5.21. The van der Waals surface area contributed by atoms with E-state index in [-0.39, 0.29) is 31.2 Å². The Morgan fingerprint density at radius 3 is 1.81 bits per heavy atom. The van der Waals surface area contributed by atoms with Crippen molar-refractivity contribution in [3.8, 4) is 5.75 Å². The largest absolute Gasteiger partial charge is 0.423 e. The van der Waals surface area contributed by atoms with Crippen LogP contribution in [0.2, 0.25) is 0 Å². The number of ether oxygens (including phenoxy) is 1. The van der Waals surface area contributed by atoms with Crippen molar-refractivity contribution in [1.82, 2.24) is 0 Å². The van der Waals surface area contributed by atoms with Crippen LogP contribution in [0.4, 0.5) is 18.8 Å². The Labute approximate surface area is 130 Å². The number of carbonyl (C=O) groups is 1. The third-order valence-electron chi connectivity index (χ3n) is 2.06. The van der Waals surface area contributed by atoms with Gasteiger partial charge in [0, 0.05) is 0 Å². The van der Waals surface area contributed by atoms with E-state index in [2.05, 4.69) is 0 Å². The van der Waals surface area contributed by atoms with Crippen molar-refractivity contribution in [2.24, 2.45) is 0 Å². The van der Waals surface area contributed by atoms with Gasteiger partial charge in [0.05, 0.1) is 10.5 Å². The Hall–Kier alpha value is -1.86. The molecule has 0 aliphatic rings. The number of hydrogen-bond donors (Lipinski definition) is 0. The minimum absolute atomic E-state index is 0. The van der Waals surface area contributed by atoms with Crippen LogP contribution in [0.1, 0.15) is 10.4 Å². The fourth-order valence-electron chi connectivity index (χ4n) is 1.29. The van der Waals surface area contributed by atoms with Crippen molar-refractivity contribution in [3.63, 3.8) is 0 Å². The van der Waals surface area contributed by atoms with Gasteiger partial charge in [0.2, 0.25) is 0 Å². The first-order chi connectivity index (χ1) is 7.77. The van der Waals surface area contributed by atoms with E-state index in [0.29, 0.717) is 16.2 Å². The van der Waals surface area contributed by atoms with Gasteiger partial charge in [0.1, 0.15) is 5.75 Å². The van der Waals surface area contributed by atoms with Gasteiger partial charge < -0.3 is 4.74 Å². The summed E-state index contributed by atoms with van der Waals surface area (Å²) in [5.74, 6) is 0.0996. The molecule has 0 aliphatic heterocycles. The average Bonchev–Trinajstić information content (AvgIpc) is 2.31. The number of benzene rings is 2. The third kappa shape index (κ3) is 7.48. The maximum absolute atomic E-state index is 11.7. The van der Waals surface area contributed by atoms with Gasteiger partial charge in [-0.3, -0.25) is 18.8 Å².